The first kappa shape index (κ1) is 21.4. The molecule has 0 unspecified atom stereocenters. The van der Waals surface area contributed by atoms with Crippen LogP contribution < -0.4 is 15.2 Å². The molecule has 0 aromatic heterocycles. The molecular formula is C18H26FNO4S. The highest BCUT2D eigenvalue weighted by molar-refractivity contribution is 7.94. The first-order valence-electron chi connectivity index (χ1n) is 8.00. The molecule has 0 heterocycles. The maximum absolute atomic E-state index is 13.3. The third-order valence-electron chi connectivity index (χ3n) is 3.25. The summed E-state index contributed by atoms with van der Waals surface area (Å²) in [7, 11) is 0. The molecule has 0 fully saturated rings. The molecule has 0 saturated carbocycles. The largest absolute Gasteiger partial charge is 0.422 e. The minimum Gasteiger partial charge on any atom is -0.422 e. The molecule has 7 heteroatoms. The Morgan fingerprint density at radius 2 is 1.44 bits per heavy atom. The third kappa shape index (κ3) is 6.01. The molecule has 0 saturated heterocycles. The quantitative estimate of drug-likeness (QED) is 0.621. The minimum absolute atomic E-state index is 0.0125. The van der Waals surface area contributed by atoms with E-state index in [0.717, 1.165) is 0 Å². The number of halogens is 1. The molecule has 0 amide bonds. The van der Waals surface area contributed by atoms with Crippen LogP contribution in [0.15, 0.2) is 17.0 Å². The van der Waals surface area contributed by atoms with E-state index in [0.29, 0.717) is 18.5 Å². The fourth-order valence-corrected chi connectivity index (χ4v) is 2.08. The Kier molecular flexibility index (Phi) is 7.02. The molecule has 0 aliphatic heterocycles. The SMILES string of the molecule is CC(C)(C)C(=O)Oc1cc(CCN)c(SF)cc1OC(=O)C(C)(C)C. The average molecular weight is 371 g/mol. The van der Waals surface area contributed by atoms with Crippen molar-refractivity contribution >= 4 is 24.1 Å². The van der Waals surface area contributed by atoms with Crippen molar-refractivity contribution in [1.82, 2.24) is 0 Å². The third-order valence-corrected chi connectivity index (χ3v) is 3.80. The van der Waals surface area contributed by atoms with E-state index < -0.39 is 22.8 Å². The van der Waals surface area contributed by atoms with E-state index in [1.807, 2.05) is 0 Å². The van der Waals surface area contributed by atoms with Crippen molar-refractivity contribution in [2.75, 3.05) is 6.54 Å². The molecule has 0 bridgehead atoms. The Labute approximate surface area is 152 Å². The number of esters is 2. The van der Waals surface area contributed by atoms with E-state index in [9.17, 15) is 13.5 Å². The van der Waals surface area contributed by atoms with Crippen LogP contribution in [0, 0.1) is 10.8 Å². The maximum atomic E-state index is 13.3. The second kappa shape index (κ2) is 8.19. The van der Waals surface area contributed by atoms with Crippen molar-refractivity contribution in [1.29, 1.82) is 0 Å². The number of carbonyl (C=O) groups is 2. The highest BCUT2D eigenvalue weighted by Gasteiger charge is 2.29. The van der Waals surface area contributed by atoms with Crippen molar-refractivity contribution in [2.24, 2.45) is 16.6 Å². The van der Waals surface area contributed by atoms with Gasteiger partial charge in [-0.2, -0.15) is 3.89 Å². The highest BCUT2D eigenvalue weighted by atomic mass is 32.2. The summed E-state index contributed by atoms with van der Waals surface area (Å²) in [6.07, 6.45) is 0.403. The molecule has 140 valence electrons. The number of carbonyl (C=O) groups excluding carboxylic acids is 2. The van der Waals surface area contributed by atoms with E-state index in [-0.39, 0.29) is 28.5 Å². The van der Waals surface area contributed by atoms with Gasteiger partial charge in [-0.25, -0.2) is 0 Å². The molecule has 2 N–H and O–H groups in total. The van der Waals surface area contributed by atoms with Gasteiger partial charge in [-0.05, 0) is 66.1 Å². The van der Waals surface area contributed by atoms with E-state index >= 15 is 0 Å². The summed E-state index contributed by atoms with van der Waals surface area (Å²) in [5.74, 6) is -0.904. The van der Waals surface area contributed by atoms with Crippen LogP contribution in [-0.4, -0.2) is 18.5 Å². The van der Waals surface area contributed by atoms with Gasteiger partial charge in [0.1, 0.15) is 0 Å². The Balaban J connectivity index is 3.35. The lowest BCUT2D eigenvalue weighted by Crippen LogP contribution is -2.28. The van der Waals surface area contributed by atoms with Crippen LogP contribution in [-0.2, 0) is 16.0 Å². The highest BCUT2D eigenvalue weighted by Crippen LogP contribution is 2.38. The number of hydrogen-bond donors (Lipinski definition) is 1. The summed E-state index contributed by atoms with van der Waals surface area (Å²) < 4.78 is 24.1. The molecule has 5 nitrogen and oxygen atoms in total. The van der Waals surface area contributed by atoms with Crippen molar-refractivity contribution < 1.29 is 22.9 Å². The van der Waals surface area contributed by atoms with Crippen LogP contribution in [0.5, 0.6) is 11.5 Å². The summed E-state index contributed by atoms with van der Waals surface area (Å²) >= 11 is 0.0299. The van der Waals surface area contributed by atoms with Crippen molar-refractivity contribution in [3.8, 4) is 11.5 Å². The zero-order valence-electron chi connectivity index (χ0n) is 15.6. The van der Waals surface area contributed by atoms with Crippen LogP contribution in [0.2, 0.25) is 0 Å². The molecule has 1 aromatic rings. The maximum Gasteiger partial charge on any atom is 0.316 e. The normalized spacial score (nSPS) is 12.0. The van der Waals surface area contributed by atoms with E-state index in [1.54, 1.807) is 41.5 Å². The van der Waals surface area contributed by atoms with E-state index in [4.69, 9.17) is 15.2 Å². The number of ether oxygens (including phenoxy) is 2. The van der Waals surface area contributed by atoms with Crippen LogP contribution in [0.4, 0.5) is 3.89 Å². The Bertz CT molecular complexity index is 648. The molecular weight excluding hydrogens is 345 g/mol. The van der Waals surface area contributed by atoms with Gasteiger partial charge in [-0.3, -0.25) is 9.59 Å². The van der Waals surface area contributed by atoms with Crippen LogP contribution in [0.1, 0.15) is 47.1 Å². The molecule has 1 rings (SSSR count). The van der Waals surface area contributed by atoms with Gasteiger partial charge in [-0.15, -0.1) is 0 Å². The Morgan fingerprint density at radius 1 is 1.00 bits per heavy atom. The first-order valence-corrected chi connectivity index (χ1v) is 8.72. The fourth-order valence-electron chi connectivity index (χ4n) is 1.67. The van der Waals surface area contributed by atoms with Gasteiger partial charge in [0, 0.05) is 11.0 Å². The molecule has 0 aliphatic carbocycles. The molecule has 0 spiro atoms. The van der Waals surface area contributed by atoms with Crippen molar-refractivity contribution in [2.45, 2.75) is 52.9 Å². The smallest absolute Gasteiger partial charge is 0.316 e. The molecule has 0 atom stereocenters. The summed E-state index contributed by atoms with van der Waals surface area (Å²) in [5.41, 5.74) is 4.64. The number of hydrogen-bond acceptors (Lipinski definition) is 6. The summed E-state index contributed by atoms with van der Waals surface area (Å²) in [5, 5.41) is 0. The summed E-state index contributed by atoms with van der Waals surface area (Å²) in [6.45, 7) is 10.5. The topological polar surface area (TPSA) is 78.6 Å². The van der Waals surface area contributed by atoms with Crippen LogP contribution in [0.25, 0.3) is 0 Å². The molecule has 0 aliphatic rings. The fraction of sp³-hybridized carbons (Fsp3) is 0.556. The molecule has 25 heavy (non-hydrogen) atoms. The average Bonchev–Trinajstić information content (AvgIpc) is 2.47. The summed E-state index contributed by atoms with van der Waals surface area (Å²) in [4.78, 5) is 24.7. The monoisotopic (exact) mass is 371 g/mol. The Hall–Kier alpha value is -1.60. The van der Waals surface area contributed by atoms with Crippen LogP contribution in [0.3, 0.4) is 0 Å². The van der Waals surface area contributed by atoms with Crippen LogP contribution >= 0.6 is 12.1 Å². The van der Waals surface area contributed by atoms with Gasteiger partial charge in [0.25, 0.3) is 0 Å². The number of benzene rings is 1. The van der Waals surface area contributed by atoms with Gasteiger partial charge in [0.2, 0.25) is 0 Å². The predicted molar refractivity (Wildman–Crippen MR) is 96.3 cm³/mol. The Morgan fingerprint density at radius 3 is 1.80 bits per heavy atom. The van der Waals surface area contributed by atoms with Gasteiger partial charge < -0.3 is 15.2 Å². The first-order chi connectivity index (χ1) is 11.4. The molecule has 1 aromatic carbocycles. The standard InChI is InChI=1S/C18H26FNO4S/c1-17(2,3)15(21)23-12-9-11(7-8-20)14(25-19)10-13(12)24-16(22)18(4,5)6/h9-10H,7-8,20H2,1-6H3. The van der Waals surface area contributed by atoms with E-state index in [1.165, 1.54) is 12.1 Å². The minimum atomic E-state index is -0.760. The van der Waals surface area contributed by atoms with Gasteiger partial charge in [0.05, 0.1) is 23.0 Å². The zero-order valence-corrected chi connectivity index (χ0v) is 16.4. The van der Waals surface area contributed by atoms with E-state index in [2.05, 4.69) is 0 Å². The summed E-state index contributed by atoms with van der Waals surface area (Å²) in [6, 6.07) is 2.87. The lowest BCUT2D eigenvalue weighted by molar-refractivity contribution is -0.145. The number of rotatable bonds is 5. The zero-order chi connectivity index (χ0) is 19.4. The second-order valence-corrected chi connectivity index (χ2v) is 8.40. The second-order valence-electron chi connectivity index (χ2n) is 7.80. The lowest BCUT2D eigenvalue weighted by atomic mass is 9.97. The molecule has 0 radical (unpaired) electrons. The van der Waals surface area contributed by atoms with Gasteiger partial charge in [-0.1, -0.05) is 0 Å². The number of nitrogens with two attached hydrogens (primary N) is 1. The lowest BCUT2D eigenvalue weighted by Gasteiger charge is -2.21. The van der Waals surface area contributed by atoms with Gasteiger partial charge >= 0.3 is 11.9 Å². The van der Waals surface area contributed by atoms with Gasteiger partial charge in [0.15, 0.2) is 11.5 Å². The van der Waals surface area contributed by atoms with Crippen molar-refractivity contribution in [3.63, 3.8) is 0 Å². The van der Waals surface area contributed by atoms with Crippen molar-refractivity contribution in [3.05, 3.63) is 17.7 Å². The predicted octanol–water partition coefficient (Wildman–Crippen LogP) is 4.07.